The van der Waals surface area contributed by atoms with Gasteiger partial charge in [-0.1, -0.05) is 59.7 Å². The zero-order valence-electron chi connectivity index (χ0n) is 23.0. The summed E-state index contributed by atoms with van der Waals surface area (Å²) in [6.07, 6.45) is 7.74. The Labute approximate surface area is 229 Å². The monoisotopic (exact) mass is 524 g/mol. The number of aromatic nitrogens is 1. The molecule has 0 unspecified atom stereocenters. The van der Waals surface area contributed by atoms with Crippen LogP contribution in [0.15, 0.2) is 65.9 Å². The van der Waals surface area contributed by atoms with E-state index >= 15 is 0 Å². The number of hydrogen-bond acceptors (Lipinski definition) is 4. The van der Waals surface area contributed by atoms with Crippen LogP contribution in [0.25, 0.3) is 10.9 Å². The van der Waals surface area contributed by atoms with Crippen LogP contribution in [0.2, 0.25) is 0 Å². The van der Waals surface area contributed by atoms with E-state index in [0.717, 1.165) is 46.1 Å². The van der Waals surface area contributed by atoms with Gasteiger partial charge in [-0.15, -0.1) is 0 Å². The third-order valence-corrected chi connectivity index (χ3v) is 8.41. The minimum absolute atomic E-state index is 0.165. The maximum atomic E-state index is 13.9. The fraction of sp³-hybridized carbons (Fsp3) is 0.375. The van der Waals surface area contributed by atoms with E-state index in [-0.39, 0.29) is 18.2 Å². The largest absolute Gasteiger partial charge is 0.381 e. The highest BCUT2D eigenvalue weighted by Gasteiger charge is 2.62. The summed E-state index contributed by atoms with van der Waals surface area (Å²) in [5.74, 6) is -0.378. The first-order valence-electron chi connectivity index (χ1n) is 13.8. The molecule has 0 bridgehead atoms. The van der Waals surface area contributed by atoms with Crippen molar-refractivity contribution in [3.8, 4) is 0 Å². The lowest BCUT2D eigenvalue weighted by Gasteiger charge is -2.37. The molecule has 4 N–H and O–H groups in total. The molecule has 0 radical (unpaired) electrons. The first-order valence-corrected chi connectivity index (χ1v) is 13.8. The number of carbonyl (C=O) groups excluding carboxylic acids is 2. The number of nitrogens with zero attached hydrogens (tertiary/aromatic N) is 1. The van der Waals surface area contributed by atoms with Gasteiger partial charge in [0, 0.05) is 41.2 Å². The first-order chi connectivity index (χ1) is 18.7. The van der Waals surface area contributed by atoms with Crippen LogP contribution in [0.1, 0.15) is 56.4 Å². The van der Waals surface area contributed by atoms with E-state index in [0.29, 0.717) is 6.42 Å². The van der Waals surface area contributed by atoms with E-state index < -0.39 is 23.9 Å². The molecule has 2 amide bonds. The zero-order chi connectivity index (χ0) is 27.5. The Morgan fingerprint density at radius 3 is 2.41 bits per heavy atom. The molecule has 3 aromatic rings. The number of anilines is 1. The van der Waals surface area contributed by atoms with Crippen molar-refractivity contribution >= 4 is 28.4 Å². The number of para-hydroxylation sites is 2. The molecule has 2 fully saturated rings. The summed E-state index contributed by atoms with van der Waals surface area (Å²) in [4.78, 5) is 32.2. The van der Waals surface area contributed by atoms with Crippen molar-refractivity contribution in [1.82, 2.24) is 15.2 Å². The number of fused-ring (bicyclic) bond motifs is 6. The molecular weight excluding hydrogens is 488 g/mol. The molecule has 0 spiro atoms. The molecule has 7 nitrogen and oxygen atoms in total. The number of H-pyrrole nitrogens is 1. The molecule has 3 aliphatic heterocycles. The number of amides is 2. The highest BCUT2D eigenvalue weighted by atomic mass is 16.3. The van der Waals surface area contributed by atoms with Gasteiger partial charge in [-0.25, -0.2) is 0 Å². The van der Waals surface area contributed by atoms with Gasteiger partial charge < -0.3 is 25.6 Å². The molecule has 4 heterocycles. The van der Waals surface area contributed by atoms with Crippen molar-refractivity contribution < 1.29 is 14.7 Å². The maximum absolute atomic E-state index is 13.9. The Kier molecular flexibility index (Phi) is 6.14. The van der Waals surface area contributed by atoms with Gasteiger partial charge >= 0.3 is 0 Å². The molecule has 7 heteroatoms. The molecule has 0 saturated carbocycles. The maximum Gasteiger partial charge on any atom is 0.247 e. The van der Waals surface area contributed by atoms with E-state index in [9.17, 15) is 14.7 Å². The number of aromatic amines is 1. The summed E-state index contributed by atoms with van der Waals surface area (Å²) >= 11 is 0. The quantitative estimate of drug-likeness (QED) is 0.358. The zero-order valence-corrected chi connectivity index (χ0v) is 23.0. The van der Waals surface area contributed by atoms with E-state index in [4.69, 9.17) is 0 Å². The number of carbonyl (C=O) groups is 2. The summed E-state index contributed by atoms with van der Waals surface area (Å²) < 4.78 is 0. The number of hydrogen-bond donors (Lipinski definition) is 4. The Balaban J connectivity index is 1.28. The SMILES string of the molecule is CC(C)=CCc1cccc2c1N[C@@H]1N3C(=O)[C@H](Cc4c[nH]c5c(CC=C(C)C)cccc45)NC(=O)[C@@H]3C[C@]21O. The van der Waals surface area contributed by atoms with Gasteiger partial charge in [0.2, 0.25) is 11.8 Å². The van der Waals surface area contributed by atoms with Gasteiger partial charge in [-0.2, -0.15) is 0 Å². The number of allylic oxidation sites excluding steroid dienone is 4. The average Bonchev–Trinajstić information content (AvgIpc) is 3.53. The van der Waals surface area contributed by atoms with Gasteiger partial charge in [0.25, 0.3) is 0 Å². The molecule has 2 saturated heterocycles. The molecule has 202 valence electrons. The number of aliphatic hydroxyl groups is 1. The van der Waals surface area contributed by atoms with Gasteiger partial charge in [-0.3, -0.25) is 9.59 Å². The molecule has 1 aromatic heterocycles. The topological polar surface area (TPSA) is 97.5 Å². The normalized spacial score (nSPS) is 25.1. The van der Waals surface area contributed by atoms with Gasteiger partial charge in [-0.05, 0) is 57.2 Å². The van der Waals surface area contributed by atoms with Crippen molar-refractivity contribution in [3.63, 3.8) is 0 Å². The van der Waals surface area contributed by atoms with Crippen molar-refractivity contribution in [2.24, 2.45) is 0 Å². The standard InChI is InChI=1S/C32H36N4O3/c1-18(2)11-13-20-7-5-9-23-22(17-33-27(20)23)15-25-30(38)36-26(29(37)34-25)16-32(39)24-10-6-8-21(14-12-19(3)4)28(24)35-31(32)36/h5-12,17,25-26,31,33,35,39H,13-16H2,1-4H3,(H,34,37)/t25-,26-,31+,32-/m0/s1. The van der Waals surface area contributed by atoms with Crippen molar-refractivity contribution in [2.75, 3.05) is 5.32 Å². The Bertz CT molecular complexity index is 1540. The molecule has 0 aliphatic carbocycles. The van der Waals surface area contributed by atoms with Crippen LogP contribution in [0.5, 0.6) is 0 Å². The number of nitrogens with one attached hydrogen (secondary N) is 3. The smallest absolute Gasteiger partial charge is 0.247 e. The fourth-order valence-corrected chi connectivity index (χ4v) is 6.41. The van der Waals surface area contributed by atoms with Crippen LogP contribution in [-0.4, -0.2) is 45.1 Å². The Hall–Kier alpha value is -3.84. The lowest BCUT2D eigenvalue weighted by molar-refractivity contribution is -0.149. The molecule has 6 rings (SSSR count). The van der Waals surface area contributed by atoms with E-state index in [1.165, 1.54) is 16.7 Å². The van der Waals surface area contributed by atoms with Crippen LogP contribution in [0.3, 0.4) is 0 Å². The third kappa shape index (κ3) is 4.16. The second-order valence-electron chi connectivity index (χ2n) is 11.7. The predicted octanol–water partition coefficient (Wildman–Crippen LogP) is 4.47. The van der Waals surface area contributed by atoms with Gasteiger partial charge in [0.05, 0.1) is 0 Å². The Morgan fingerprint density at radius 1 is 0.974 bits per heavy atom. The molecule has 2 aromatic carbocycles. The lowest BCUT2D eigenvalue weighted by Crippen LogP contribution is -2.64. The summed E-state index contributed by atoms with van der Waals surface area (Å²) in [6, 6.07) is 10.7. The van der Waals surface area contributed by atoms with Crippen LogP contribution in [0.4, 0.5) is 5.69 Å². The first kappa shape index (κ1) is 25.4. The molecule has 3 aliphatic rings. The summed E-state index contributed by atoms with van der Waals surface area (Å²) in [5.41, 5.74) is 7.12. The number of piperazine rings is 1. The van der Waals surface area contributed by atoms with Crippen LogP contribution in [-0.2, 0) is 34.5 Å². The van der Waals surface area contributed by atoms with Gasteiger partial charge in [0.15, 0.2) is 0 Å². The molecular formula is C32H36N4O3. The predicted molar refractivity (Wildman–Crippen MR) is 153 cm³/mol. The molecule has 39 heavy (non-hydrogen) atoms. The van der Waals surface area contributed by atoms with Crippen molar-refractivity contribution in [2.45, 2.75) is 77.2 Å². The van der Waals surface area contributed by atoms with Crippen molar-refractivity contribution in [1.29, 1.82) is 0 Å². The number of benzene rings is 2. The van der Waals surface area contributed by atoms with Crippen LogP contribution < -0.4 is 10.6 Å². The van der Waals surface area contributed by atoms with E-state index in [1.807, 2.05) is 30.5 Å². The summed E-state index contributed by atoms with van der Waals surface area (Å²) in [5, 5.41) is 19.4. The highest BCUT2D eigenvalue weighted by molar-refractivity contribution is 5.99. The van der Waals surface area contributed by atoms with E-state index in [1.54, 1.807) is 4.90 Å². The minimum atomic E-state index is -1.32. The van der Waals surface area contributed by atoms with Crippen LogP contribution >= 0.6 is 0 Å². The second kappa shape index (κ2) is 9.42. The van der Waals surface area contributed by atoms with Gasteiger partial charge in [0.1, 0.15) is 23.9 Å². The minimum Gasteiger partial charge on any atom is -0.381 e. The molecule has 4 atom stereocenters. The second-order valence-corrected chi connectivity index (χ2v) is 11.7. The van der Waals surface area contributed by atoms with Crippen molar-refractivity contribution in [3.05, 3.63) is 88.1 Å². The number of rotatable bonds is 6. The Morgan fingerprint density at radius 2 is 1.67 bits per heavy atom. The van der Waals surface area contributed by atoms with E-state index in [2.05, 4.69) is 67.6 Å². The summed E-state index contributed by atoms with van der Waals surface area (Å²) in [6.45, 7) is 8.30. The lowest BCUT2D eigenvalue weighted by atomic mass is 9.89. The highest BCUT2D eigenvalue weighted by Crippen LogP contribution is 2.51. The summed E-state index contributed by atoms with van der Waals surface area (Å²) in [7, 11) is 0. The fourth-order valence-electron chi connectivity index (χ4n) is 6.41. The third-order valence-electron chi connectivity index (χ3n) is 8.41. The van der Waals surface area contributed by atoms with Crippen LogP contribution in [0, 0.1) is 0 Å². The average molecular weight is 525 g/mol.